The maximum Gasteiger partial charge on any atom is 0.275 e. The number of carbonyl (C=O) groups is 2. The van der Waals surface area contributed by atoms with Gasteiger partial charge >= 0.3 is 0 Å². The molecule has 4 heterocycles. The van der Waals surface area contributed by atoms with Crippen LogP contribution in [0.4, 0.5) is 8.78 Å². The van der Waals surface area contributed by atoms with Gasteiger partial charge in [-0.25, -0.2) is 8.78 Å². The van der Waals surface area contributed by atoms with Crippen molar-refractivity contribution < 1.29 is 23.1 Å². The zero-order valence-electron chi connectivity index (χ0n) is 21.4. The zero-order chi connectivity index (χ0) is 27.3. The van der Waals surface area contributed by atoms with Gasteiger partial charge in [-0.05, 0) is 37.8 Å². The van der Waals surface area contributed by atoms with Gasteiger partial charge in [-0.3, -0.25) is 14.4 Å². The molecular formula is C30H27F2N3O4. The molecule has 39 heavy (non-hydrogen) atoms. The topological polar surface area (TPSA) is 80.6 Å². The average Bonchev–Trinajstić information content (AvgIpc) is 3.20. The lowest BCUT2D eigenvalue weighted by molar-refractivity contribution is 0.0520. The molecule has 0 radical (unpaired) electrons. The van der Waals surface area contributed by atoms with E-state index in [0.717, 1.165) is 17.7 Å². The number of aromatic nitrogens is 1. The Morgan fingerprint density at radius 1 is 1.15 bits per heavy atom. The van der Waals surface area contributed by atoms with Crippen molar-refractivity contribution in [1.82, 2.24) is 14.8 Å². The van der Waals surface area contributed by atoms with Gasteiger partial charge in [0.05, 0.1) is 5.54 Å². The number of benzene rings is 2. The lowest BCUT2D eigenvalue weighted by Gasteiger charge is -2.43. The standard InChI is InChI=1S/C30H27F2N3O4/c1-18-6-5-12-30-13-11-23-24(28(37)33-15-20-9-10-21(31)14-22(20)32)26(36)27(39-16-19-7-3-2-4-8-19)25(35(23)30)29(38)34(18)17-30/h2-10,14,18H,11-13,15-17H2,1H3,(H,33,37)/t18-,30+/m0/s1. The van der Waals surface area contributed by atoms with Crippen LogP contribution in [0.5, 0.6) is 5.75 Å². The van der Waals surface area contributed by atoms with E-state index in [0.29, 0.717) is 31.5 Å². The molecule has 0 saturated heterocycles. The number of hydrogen-bond acceptors (Lipinski definition) is 4. The van der Waals surface area contributed by atoms with Crippen LogP contribution in [0.2, 0.25) is 0 Å². The van der Waals surface area contributed by atoms with Crippen molar-refractivity contribution in [3.8, 4) is 5.75 Å². The lowest BCUT2D eigenvalue weighted by atomic mass is 9.90. The summed E-state index contributed by atoms with van der Waals surface area (Å²) < 4.78 is 35.5. The molecule has 9 heteroatoms. The van der Waals surface area contributed by atoms with E-state index in [4.69, 9.17) is 4.74 Å². The third kappa shape index (κ3) is 4.13. The first-order valence-electron chi connectivity index (χ1n) is 13.0. The third-order valence-electron chi connectivity index (χ3n) is 7.97. The largest absolute Gasteiger partial charge is 0.483 e. The van der Waals surface area contributed by atoms with Gasteiger partial charge in [-0.2, -0.15) is 0 Å². The van der Waals surface area contributed by atoms with Crippen LogP contribution < -0.4 is 15.5 Å². The van der Waals surface area contributed by atoms with Crippen LogP contribution in [0.1, 0.15) is 57.4 Å². The molecule has 0 aliphatic carbocycles. The third-order valence-corrected chi connectivity index (χ3v) is 7.97. The highest BCUT2D eigenvalue weighted by Crippen LogP contribution is 2.45. The summed E-state index contributed by atoms with van der Waals surface area (Å²) in [6.07, 6.45) is 5.77. The van der Waals surface area contributed by atoms with Crippen LogP contribution in [0.3, 0.4) is 0 Å². The fraction of sp³-hybridized carbons (Fsp3) is 0.300. The van der Waals surface area contributed by atoms with Crippen molar-refractivity contribution in [2.24, 2.45) is 0 Å². The minimum atomic E-state index is -0.794. The molecule has 1 N–H and O–H groups in total. The van der Waals surface area contributed by atoms with Crippen molar-refractivity contribution in [3.63, 3.8) is 0 Å². The Morgan fingerprint density at radius 2 is 1.95 bits per heavy atom. The fourth-order valence-corrected chi connectivity index (χ4v) is 5.99. The minimum absolute atomic E-state index is 0.0400. The van der Waals surface area contributed by atoms with Gasteiger partial charge in [0.15, 0.2) is 11.4 Å². The number of fused-ring (bicyclic) bond motifs is 1. The van der Waals surface area contributed by atoms with E-state index >= 15 is 0 Å². The highest BCUT2D eigenvalue weighted by molar-refractivity contribution is 6.01. The van der Waals surface area contributed by atoms with E-state index in [9.17, 15) is 23.2 Å². The molecule has 2 amide bonds. The summed E-state index contributed by atoms with van der Waals surface area (Å²) in [5.41, 5.74) is 0.264. The monoisotopic (exact) mass is 531 g/mol. The summed E-state index contributed by atoms with van der Waals surface area (Å²) in [5.74, 6) is -2.68. The maximum absolute atomic E-state index is 14.2. The molecule has 3 aromatic rings. The number of nitrogens with one attached hydrogen (secondary N) is 1. The summed E-state index contributed by atoms with van der Waals surface area (Å²) in [4.78, 5) is 43.1. The molecule has 0 unspecified atom stereocenters. The second-order valence-electron chi connectivity index (χ2n) is 10.4. The Labute approximate surface area is 223 Å². The maximum atomic E-state index is 14.2. The van der Waals surface area contributed by atoms with Crippen molar-refractivity contribution >= 4 is 11.8 Å². The van der Waals surface area contributed by atoms with Gasteiger partial charge in [-0.1, -0.05) is 48.6 Å². The fourth-order valence-electron chi connectivity index (χ4n) is 5.99. The van der Waals surface area contributed by atoms with E-state index in [-0.39, 0.29) is 47.7 Å². The van der Waals surface area contributed by atoms with E-state index in [1.807, 2.05) is 47.9 Å². The Hall–Kier alpha value is -4.27. The summed E-state index contributed by atoms with van der Waals surface area (Å²) in [6, 6.07) is 12.2. The van der Waals surface area contributed by atoms with Crippen LogP contribution in [-0.4, -0.2) is 33.9 Å². The van der Waals surface area contributed by atoms with Crippen molar-refractivity contribution in [1.29, 1.82) is 0 Å². The van der Waals surface area contributed by atoms with Gasteiger partial charge in [0.2, 0.25) is 5.43 Å². The smallest absolute Gasteiger partial charge is 0.275 e. The van der Waals surface area contributed by atoms with Crippen LogP contribution in [-0.2, 0) is 25.1 Å². The van der Waals surface area contributed by atoms with E-state index < -0.39 is 28.5 Å². The SMILES string of the molecule is C[C@H]1C=CC[C@]23CCc4c(C(=O)NCc5ccc(F)cc5F)c(=O)c(OCc5ccccc5)c(n42)C(=O)N1C3. The number of pyridine rings is 1. The summed E-state index contributed by atoms with van der Waals surface area (Å²) in [5, 5.41) is 2.62. The van der Waals surface area contributed by atoms with Crippen LogP contribution >= 0.6 is 0 Å². The number of rotatable bonds is 6. The number of carbonyl (C=O) groups excluding carboxylic acids is 2. The van der Waals surface area contributed by atoms with Crippen molar-refractivity contribution in [2.45, 2.75) is 50.9 Å². The first-order chi connectivity index (χ1) is 18.8. The molecule has 1 spiro atoms. The van der Waals surface area contributed by atoms with Crippen molar-refractivity contribution in [2.75, 3.05) is 6.54 Å². The Morgan fingerprint density at radius 3 is 2.72 bits per heavy atom. The second kappa shape index (κ2) is 9.48. The van der Waals surface area contributed by atoms with Crippen LogP contribution in [0.25, 0.3) is 0 Å². The van der Waals surface area contributed by atoms with Gasteiger partial charge in [-0.15, -0.1) is 0 Å². The molecule has 0 fully saturated rings. The first-order valence-corrected chi connectivity index (χ1v) is 13.0. The van der Waals surface area contributed by atoms with Gasteiger partial charge in [0.25, 0.3) is 11.8 Å². The molecule has 200 valence electrons. The molecule has 2 bridgehead atoms. The quantitative estimate of drug-likeness (QED) is 0.486. The number of nitrogens with zero attached hydrogens (tertiary/aromatic N) is 2. The van der Waals surface area contributed by atoms with Gasteiger partial charge in [0.1, 0.15) is 23.8 Å². The molecule has 2 atom stereocenters. The first kappa shape index (κ1) is 25.0. The van der Waals surface area contributed by atoms with E-state index in [2.05, 4.69) is 11.4 Å². The minimum Gasteiger partial charge on any atom is -0.483 e. The number of allylic oxidation sites excluding steroid dienone is 1. The Bertz CT molecular complexity index is 1580. The van der Waals surface area contributed by atoms with Gasteiger partial charge in [0, 0.05) is 36.5 Å². The van der Waals surface area contributed by atoms with Crippen LogP contribution in [0.15, 0.2) is 65.5 Å². The second-order valence-corrected chi connectivity index (χ2v) is 10.4. The summed E-state index contributed by atoms with van der Waals surface area (Å²) >= 11 is 0. The molecule has 6 rings (SSSR count). The molecule has 7 nitrogen and oxygen atoms in total. The normalized spacial score (nSPS) is 20.9. The highest BCUT2D eigenvalue weighted by atomic mass is 19.1. The number of amides is 2. The average molecular weight is 532 g/mol. The molecule has 1 aromatic heterocycles. The molecule has 3 aliphatic rings. The molecule has 0 saturated carbocycles. The zero-order valence-corrected chi connectivity index (χ0v) is 21.4. The van der Waals surface area contributed by atoms with Crippen molar-refractivity contribution in [3.05, 3.63) is 111 Å². The Kier molecular flexibility index (Phi) is 6.09. The van der Waals surface area contributed by atoms with E-state index in [1.165, 1.54) is 6.07 Å². The Balaban J connectivity index is 1.46. The summed E-state index contributed by atoms with van der Waals surface area (Å²) in [7, 11) is 0. The van der Waals surface area contributed by atoms with Crippen LogP contribution in [0, 0.1) is 11.6 Å². The highest BCUT2D eigenvalue weighted by Gasteiger charge is 2.51. The summed E-state index contributed by atoms with van der Waals surface area (Å²) in [6.45, 7) is 2.21. The van der Waals surface area contributed by atoms with E-state index in [1.54, 1.807) is 4.90 Å². The number of hydrogen-bond donors (Lipinski definition) is 1. The molecular weight excluding hydrogens is 504 g/mol. The predicted octanol–water partition coefficient (Wildman–Crippen LogP) is 4.08. The molecule has 3 aliphatic heterocycles. The predicted molar refractivity (Wildman–Crippen MR) is 140 cm³/mol. The number of halogens is 2. The van der Waals surface area contributed by atoms with Gasteiger partial charge < -0.3 is 19.5 Å². The molecule has 2 aromatic carbocycles. The number of ether oxygens (including phenoxy) is 1. The lowest BCUT2D eigenvalue weighted by Crippen LogP contribution is -2.55.